The van der Waals surface area contributed by atoms with Gasteiger partial charge in [-0.2, -0.15) is 0 Å². The highest BCUT2D eigenvalue weighted by Gasteiger charge is 2.54. The first-order valence-electron chi connectivity index (χ1n) is 7.80. The Morgan fingerprint density at radius 2 is 1.90 bits per heavy atom. The van der Waals surface area contributed by atoms with Gasteiger partial charge in [-0.3, -0.25) is 0 Å². The van der Waals surface area contributed by atoms with Crippen molar-refractivity contribution in [1.82, 2.24) is 0 Å². The molecule has 2 N–H and O–H groups in total. The van der Waals surface area contributed by atoms with Crippen LogP contribution in [-0.2, 0) is 0 Å². The quantitative estimate of drug-likeness (QED) is 0.873. The Labute approximate surface area is 126 Å². The first-order chi connectivity index (χ1) is 9.62. The van der Waals surface area contributed by atoms with Crippen molar-refractivity contribution in [1.29, 1.82) is 0 Å². The minimum atomic E-state index is 0.198. The number of rotatable bonds is 2. The average molecular weight is 294 g/mol. The van der Waals surface area contributed by atoms with E-state index in [0.29, 0.717) is 11.1 Å². The SMILES string of the molecule is Cc1ccc(Cl)c(OC2CC(N)C23CCCCCC3)c1. The fourth-order valence-electron chi connectivity index (χ4n) is 3.88. The van der Waals surface area contributed by atoms with Crippen molar-refractivity contribution in [3.8, 4) is 5.75 Å². The largest absolute Gasteiger partial charge is 0.488 e. The van der Waals surface area contributed by atoms with Crippen LogP contribution < -0.4 is 10.5 Å². The molecule has 2 unspecified atom stereocenters. The molecule has 0 radical (unpaired) electrons. The molecule has 0 heterocycles. The van der Waals surface area contributed by atoms with E-state index in [1.807, 2.05) is 18.2 Å². The summed E-state index contributed by atoms with van der Waals surface area (Å²) in [5.41, 5.74) is 7.74. The molecule has 2 saturated carbocycles. The van der Waals surface area contributed by atoms with Crippen LogP contribution >= 0.6 is 11.6 Å². The van der Waals surface area contributed by atoms with E-state index in [0.717, 1.165) is 12.2 Å². The normalized spacial score (nSPS) is 28.8. The van der Waals surface area contributed by atoms with Crippen molar-refractivity contribution in [2.45, 2.75) is 64.0 Å². The van der Waals surface area contributed by atoms with Crippen molar-refractivity contribution in [3.63, 3.8) is 0 Å². The molecule has 1 aromatic rings. The second-order valence-corrected chi connectivity index (χ2v) is 6.94. The Balaban J connectivity index is 1.78. The lowest BCUT2D eigenvalue weighted by Gasteiger charge is -2.54. The lowest BCUT2D eigenvalue weighted by Crippen LogP contribution is -2.63. The Bertz CT molecular complexity index is 480. The van der Waals surface area contributed by atoms with Crippen LogP contribution in [0.25, 0.3) is 0 Å². The first-order valence-corrected chi connectivity index (χ1v) is 8.18. The third-order valence-electron chi connectivity index (χ3n) is 5.24. The van der Waals surface area contributed by atoms with E-state index in [-0.39, 0.29) is 11.5 Å². The summed E-state index contributed by atoms with van der Waals surface area (Å²) in [4.78, 5) is 0. The Kier molecular flexibility index (Phi) is 3.96. The topological polar surface area (TPSA) is 35.2 Å². The second kappa shape index (κ2) is 5.57. The number of hydrogen-bond donors (Lipinski definition) is 1. The van der Waals surface area contributed by atoms with Gasteiger partial charge in [0.25, 0.3) is 0 Å². The third-order valence-corrected chi connectivity index (χ3v) is 5.55. The predicted octanol–water partition coefficient (Wildman–Crippen LogP) is 4.47. The minimum Gasteiger partial charge on any atom is -0.488 e. The average Bonchev–Trinajstić information content (AvgIpc) is 2.70. The van der Waals surface area contributed by atoms with E-state index in [4.69, 9.17) is 22.1 Å². The van der Waals surface area contributed by atoms with Gasteiger partial charge in [-0.1, -0.05) is 43.4 Å². The molecule has 0 amide bonds. The maximum atomic E-state index is 6.36. The van der Waals surface area contributed by atoms with E-state index >= 15 is 0 Å². The molecular formula is C17H24ClNO. The summed E-state index contributed by atoms with van der Waals surface area (Å²) in [6, 6.07) is 6.28. The molecule has 2 aliphatic rings. The summed E-state index contributed by atoms with van der Waals surface area (Å²) in [7, 11) is 0. The van der Waals surface area contributed by atoms with Crippen LogP contribution in [0.5, 0.6) is 5.75 Å². The Morgan fingerprint density at radius 1 is 1.20 bits per heavy atom. The summed E-state index contributed by atoms with van der Waals surface area (Å²) >= 11 is 6.26. The highest BCUT2D eigenvalue weighted by molar-refractivity contribution is 6.32. The number of benzene rings is 1. The van der Waals surface area contributed by atoms with Gasteiger partial charge in [0, 0.05) is 17.9 Å². The molecule has 2 atom stereocenters. The van der Waals surface area contributed by atoms with E-state index < -0.39 is 0 Å². The van der Waals surface area contributed by atoms with E-state index in [1.165, 1.54) is 44.1 Å². The first kappa shape index (κ1) is 14.2. The highest BCUT2D eigenvalue weighted by Crippen LogP contribution is 2.52. The predicted molar refractivity (Wildman–Crippen MR) is 83.3 cm³/mol. The number of ether oxygens (including phenoxy) is 1. The molecule has 110 valence electrons. The molecule has 3 heteroatoms. The zero-order chi connectivity index (χ0) is 14.2. The molecule has 3 rings (SSSR count). The Morgan fingerprint density at radius 3 is 2.55 bits per heavy atom. The van der Waals surface area contributed by atoms with Gasteiger partial charge >= 0.3 is 0 Å². The van der Waals surface area contributed by atoms with E-state index in [2.05, 4.69) is 6.92 Å². The van der Waals surface area contributed by atoms with Gasteiger partial charge in [0.05, 0.1) is 5.02 Å². The van der Waals surface area contributed by atoms with Crippen LogP contribution in [0.15, 0.2) is 18.2 Å². The molecule has 1 spiro atoms. The molecule has 2 aliphatic carbocycles. The maximum absolute atomic E-state index is 6.36. The van der Waals surface area contributed by atoms with Crippen molar-refractivity contribution in [2.75, 3.05) is 0 Å². The summed E-state index contributed by atoms with van der Waals surface area (Å²) in [6.07, 6.45) is 8.88. The lowest BCUT2D eigenvalue weighted by atomic mass is 9.58. The molecule has 20 heavy (non-hydrogen) atoms. The highest BCUT2D eigenvalue weighted by atomic mass is 35.5. The van der Waals surface area contributed by atoms with E-state index in [1.54, 1.807) is 0 Å². The van der Waals surface area contributed by atoms with Gasteiger partial charge in [-0.05, 0) is 37.5 Å². The zero-order valence-corrected chi connectivity index (χ0v) is 13.0. The Hall–Kier alpha value is -0.730. The summed E-state index contributed by atoms with van der Waals surface area (Å²) in [5, 5.41) is 0.708. The standard InChI is InChI=1S/C17H24ClNO/c1-12-6-7-13(18)14(10-12)20-16-11-15(19)17(16)8-4-2-3-5-9-17/h6-7,10,15-16H,2-5,8-9,11,19H2,1H3. The summed E-state index contributed by atoms with van der Waals surface area (Å²) in [5.74, 6) is 0.826. The number of nitrogens with two attached hydrogens (primary N) is 1. The van der Waals surface area contributed by atoms with Crippen molar-refractivity contribution < 1.29 is 4.74 Å². The molecule has 0 saturated heterocycles. The minimum absolute atomic E-state index is 0.198. The van der Waals surface area contributed by atoms with Crippen LogP contribution in [0.3, 0.4) is 0 Å². The number of halogens is 1. The zero-order valence-electron chi connectivity index (χ0n) is 12.2. The van der Waals surface area contributed by atoms with Gasteiger partial charge in [-0.15, -0.1) is 0 Å². The third kappa shape index (κ3) is 2.44. The van der Waals surface area contributed by atoms with Crippen LogP contribution in [0.1, 0.15) is 50.5 Å². The number of hydrogen-bond acceptors (Lipinski definition) is 2. The van der Waals surface area contributed by atoms with Gasteiger partial charge in [0.15, 0.2) is 0 Å². The van der Waals surface area contributed by atoms with Crippen LogP contribution in [-0.4, -0.2) is 12.1 Å². The molecule has 2 nitrogen and oxygen atoms in total. The smallest absolute Gasteiger partial charge is 0.138 e. The van der Waals surface area contributed by atoms with Gasteiger partial charge < -0.3 is 10.5 Å². The summed E-state index contributed by atoms with van der Waals surface area (Å²) in [6.45, 7) is 2.07. The van der Waals surface area contributed by atoms with Crippen molar-refractivity contribution in [2.24, 2.45) is 11.1 Å². The maximum Gasteiger partial charge on any atom is 0.138 e. The molecule has 0 bridgehead atoms. The molecule has 1 aromatic carbocycles. The molecule has 0 aliphatic heterocycles. The van der Waals surface area contributed by atoms with Crippen molar-refractivity contribution >= 4 is 11.6 Å². The lowest BCUT2D eigenvalue weighted by molar-refractivity contribution is -0.0770. The summed E-state index contributed by atoms with van der Waals surface area (Å²) < 4.78 is 6.27. The number of aryl methyl sites for hydroxylation is 1. The van der Waals surface area contributed by atoms with Crippen LogP contribution in [0.4, 0.5) is 0 Å². The fourth-order valence-corrected chi connectivity index (χ4v) is 4.04. The van der Waals surface area contributed by atoms with Gasteiger partial charge in [0.2, 0.25) is 0 Å². The molecule has 2 fully saturated rings. The monoisotopic (exact) mass is 293 g/mol. The fraction of sp³-hybridized carbons (Fsp3) is 0.647. The van der Waals surface area contributed by atoms with Gasteiger partial charge in [-0.25, -0.2) is 0 Å². The van der Waals surface area contributed by atoms with E-state index in [9.17, 15) is 0 Å². The molecule has 0 aromatic heterocycles. The second-order valence-electron chi connectivity index (χ2n) is 6.53. The van der Waals surface area contributed by atoms with Gasteiger partial charge in [0.1, 0.15) is 11.9 Å². The molecular weight excluding hydrogens is 270 g/mol. The van der Waals surface area contributed by atoms with Crippen LogP contribution in [0.2, 0.25) is 5.02 Å². The van der Waals surface area contributed by atoms with Crippen molar-refractivity contribution in [3.05, 3.63) is 28.8 Å². The van der Waals surface area contributed by atoms with Crippen LogP contribution in [0, 0.1) is 12.3 Å².